The van der Waals surface area contributed by atoms with Crippen LogP contribution in [0, 0.1) is 13.8 Å². The molecule has 0 bridgehead atoms. The number of sulfonamides is 1. The Bertz CT molecular complexity index is 1650. The maximum atomic E-state index is 13.2. The molecule has 0 saturated heterocycles. The molecule has 0 spiro atoms. The molecule has 0 unspecified atom stereocenters. The fourth-order valence-corrected chi connectivity index (χ4v) is 6.30. The van der Waals surface area contributed by atoms with Crippen molar-refractivity contribution in [2.24, 2.45) is 0 Å². The first-order chi connectivity index (χ1) is 18.0. The van der Waals surface area contributed by atoms with Crippen LogP contribution in [0.1, 0.15) is 22.3 Å². The number of hydrogen-bond acceptors (Lipinski definition) is 5. The zero-order valence-corrected chi connectivity index (χ0v) is 22.6. The van der Waals surface area contributed by atoms with Gasteiger partial charge in [0.15, 0.2) is 9.84 Å². The molecular formula is C29H28N2O5S2. The van der Waals surface area contributed by atoms with E-state index in [9.17, 15) is 21.6 Å². The lowest BCUT2D eigenvalue weighted by atomic mass is 10.1. The van der Waals surface area contributed by atoms with Gasteiger partial charge in [0.2, 0.25) is 5.91 Å². The molecule has 4 aromatic carbocycles. The van der Waals surface area contributed by atoms with E-state index in [2.05, 4.69) is 10.0 Å². The van der Waals surface area contributed by atoms with Crippen molar-refractivity contribution in [2.75, 3.05) is 10.0 Å². The van der Waals surface area contributed by atoms with Crippen LogP contribution < -0.4 is 10.0 Å². The van der Waals surface area contributed by atoms with E-state index in [0.717, 1.165) is 16.7 Å². The van der Waals surface area contributed by atoms with Gasteiger partial charge in [0.1, 0.15) is 0 Å². The topological polar surface area (TPSA) is 109 Å². The third-order valence-corrected chi connectivity index (χ3v) is 8.96. The van der Waals surface area contributed by atoms with E-state index < -0.39 is 25.6 Å². The summed E-state index contributed by atoms with van der Waals surface area (Å²) in [6.07, 6.45) is 0.139. The van der Waals surface area contributed by atoms with Crippen molar-refractivity contribution in [2.45, 2.75) is 35.8 Å². The van der Waals surface area contributed by atoms with Gasteiger partial charge in [-0.05, 0) is 67.4 Å². The van der Waals surface area contributed by atoms with E-state index in [1.165, 1.54) is 42.5 Å². The van der Waals surface area contributed by atoms with Gasteiger partial charge in [-0.25, -0.2) is 16.8 Å². The van der Waals surface area contributed by atoms with Crippen LogP contribution >= 0.6 is 0 Å². The summed E-state index contributed by atoms with van der Waals surface area (Å²) in [5, 5.41) is 2.78. The molecule has 7 nitrogen and oxygen atoms in total. The molecule has 1 amide bonds. The number of rotatable bonds is 9. The lowest BCUT2D eigenvalue weighted by Gasteiger charge is -2.16. The molecule has 2 N–H and O–H groups in total. The molecule has 0 aliphatic heterocycles. The highest BCUT2D eigenvalue weighted by Gasteiger charge is 2.22. The average Bonchev–Trinajstić information content (AvgIpc) is 2.86. The van der Waals surface area contributed by atoms with E-state index in [4.69, 9.17) is 0 Å². The average molecular weight is 549 g/mol. The van der Waals surface area contributed by atoms with Crippen LogP contribution in [0.4, 0.5) is 11.4 Å². The van der Waals surface area contributed by atoms with Gasteiger partial charge in [-0.1, -0.05) is 65.7 Å². The van der Waals surface area contributed by atoms with Crippen molar-refractivity contribution in [3.8, 4) is 0 Å². The van der Waals surface area contributed by atoms with E-state index in [-0.39, 0.29) is 33.4 Å². The van der Waals surface area contributed by atoms with Gasteiger partial charge < -0.3 is 5.32 Å². The minimum atomic E-state index is -3.99. The maximum absolute atomic E-state index is 13.2. The SMILES string of the molecule is Cc1ccc(S(=O)(=O)Cc2cc(NC(=O)Cc3ccccc3)ccc2NS(=O)(=O)c2ccc(C)cc2)cc1. The van der Waals surface area contributed by atoms with Crippen molar-refractivity contribution < 1.29 is 21.6 Å². The Balaban J connectivity index is 1.66. The molecule has 0 aromatic heterocycles. The summed E-state index contributed by atoms with van der Waals surface area (Å²) in [4.78, 5) is 12.8. The minimum Gasteiger partial charge on any atom is -0.326 e. The van der Waals surface area contributed by atoms with Crippen molar-refractivity contribution in [1.82, 2.24) is 0 Å². The molecule has 0 heterocycles. The number of hydrogen-bond donors (Lipinski definition) is 2. The zero-order chi connectivity index (χ0) is 27.3. The second kappa shape index (κ2) is 11.2. The van der Waals surface area contributed by atoms with Gasteiger partial charge in [0.25, 0.3) is 10.0 Å². The predicted molar refractivity (Wildman–Crippen MR) is 149 cm³/mol. The Labute approximate surface area is 223 Å². The van der Waals surface area contributed by atoms with Crippen LogP contribution in [-0.2, 0) is 36.8 Å². The summed E-state index contributed by atoms with van der Waals surface area (Å²) in [6.45, 7) is 3.71. The minimum absolute atomic E-state index is 0.0516. The third-order valence-electron chi connectivity index (χ3n) is 5.90. The predicted octanol–water partition coefficient (Wildman–Crippen LogP) is 5.26. The molecule has 9 heteroatoms. The van der Waals surface area contributed by atoms with Gasteiger partial charge in [-0.3, -0.25) is 9.52 Å². The van der Waals surface area contributed by atoms with Crippen LogP contribution in [0.25, 0.3) is 0 Å². The van der Waals surface area contributed by atoms with Gasteiger partial charge in [0.05, 0.1) is 27.7 Å². The summed E-state index contributed by atoms with van der Waals surface area (Å²) in [7, 11) is -7.81. The number of amides is 1. The molecule has 0 aliphatic carbocycles. The smallest absolute Gasteiger partial charge is 0.261 e. The molecule has 196 valence electrons. The summed E-state index contributed by atoms with van der Waals surface area (Å²) in [6, 6.07) is 26.5. The first-order valence-corrected chi connectivity index (χ1v) is 15.0. The summed E-state index contributed by atoms with van der Waals surface area (Å²) in [5.74, 6) is -0.749. The third kappa shape index (κ3) is 6.87. The monoisotopic (exact) mass is 548 g/mol. The van der Waals surface area contributed by atoms with Crippen molar-refractivity contribution in [1.29, 1.82) is 0 Å². The standard InChI is InChI=1S/C29H28N2O5S2/c1-21-8-13-26(14-9-21)37(33,34)20-24-19-25(30-29(32)18-23-6-4-3-5-7-23)12-17-28(24)31-38(35,36)27-15-10-22(2)11-16-27/h3-17,19,31H,18,20H2,1-2H3,(H,30,32). The Morgan fingerprint density at radius 1 is 0.711 bits per heavy atom. The molecule has 0 saturated carbocycles. The second-order valence-corrected chi connectivity index (χ2v) is 12.7. The number of nitrogens with one attached hydrogen (secondary N) is 2. The number of carbonyl (C=O) groups excluding carboxylic acids is 1. The Morgan fingerprint density at radius 3 is 1.89 bits per heavy atom. The lowest BCUT2D eigenvalue weighted by Crippen LogP contribution is -2.17. The van der Waals surface area contributed by atoms with E-state index in [0.29, 0.717) is 5.69 Å². The summed E-state index contributed by atoms with van der Waals surface area (Å²) < 4.78 is 55.2. The molecule has 38 heavy (non-hydrogen) atoms. The Morgan fingerprint density at radius 2 is 1.29 bits per heavy atom. The van der Waals surface area contributed by atoms with Gasteiger partial charge in [-0.15, -0.1) is 0 Å². The van der Waals surface area contributed by atoms with Crippen LogP contribution in [0.15, 0.2) is 107 Å². The van der Waals surface area contributed by atoms with E-state index >= 15 is 0 Å². The molecule has 4 rings (SSSR count). The number of aryl methyl sites for hydroxylation is 2. The van der Waals surface area contributed by atoms with E-state index in [1.54, 1.807) is 24.3 Å². The quantitative estimate of drug-likeness (QED) is 0.297. The fourth-order valence-electron chi connectivity index (χ4n) is 3.83. The molecule has 0 radical (unpaired) electrons. The zero-order valence-electron chi connectivity index (χ0n) is 21.0. The Kier molecular flexibility index (Phi) is 7.99. The first kappa shape index (κ1) is 27.1. The first-order valence-electron chi connectivity index (χ1n) is 11.9. The summed E-state index contributed by atoms with van der Waals surface area (Å²) >= 11 is 0. The lowest BCUT2D eigenvalue weighted by molar-refractivity contribution is -0.115. The van der Waals surface area contributed by atoms with Crippen LogP contribution in [0.5, 0.6) is 0 Å². The number of sulfone groups is 1. The fraction of sp³-hybridized carbons (Fsp3) is 0.138. The number of carbonyl (C=O) groups is 1. The highest BCUT2D eigenvalue weighted by Crippen LogP contribution is 2.28. The largest absolute Gasteiger partial charge is 0.326 e. The van der Waals surface area contributed by atoms with Gasteiger partial charge in [-0.2, -0.15) is 0 Å². The molecule has 0 fully saturated rings. The number of anilines is 2. The van der Waals surface area contributed by atoms with Crippen LogP contribution in [0.2, 0.25) is 0 Å². The normalized spacial score (nSPS) is 11.6. The number of benzene rings is 4. The van der Waals surface area contributed by atoms with Crippen molar-refractivity contribution in [3.05, 3.63) is 119 Å². The van der Waals surface area contributed by atoms with Gasteiger partial charge in [0, 0.05) is 5.69 Å². The molecule has 4 aromatic rings. The summed E-state index contributed by atoms with van der Waals surface area (Å²) in [5.41, 5.74) is 3.33. The molecule has 0 aliphatic rings. The van der Waals surface area contributed by atoms with Crippen LogP contribution in [-0.4, -0.2) is 22.7 Å². The maximum Gasteiger partial charge on any atom is 0.261 e. The Hall–Kier alpha value is -3.95. The van der Waals surface area contributed by atoms with Crippen molar-refractivity contribution in [3.63, 3.8) is 0 Å². The van der Waals surface area contributed by atoms with E-state index in [1.807, 2.05) is 44.2 Å². The molecular weight excluding hydrogens is 520 g/mol. The molecule has 0 atom stereocenters. The highest BCUT2D eigenvalue weighted by molar-refractivity contribution is 7.92. The van der Waals surface area contributed by atoms with Gasteiger partial charge >= 0.3 is 0 Å². The van der Waals surface area contributed by atoms with Crippen molar-refractivity contribution >= 4 is 37.1 Å². The second-order valence-electron chi connectivity index (χ2n) is 9.07. The van der Waals surface area contributed by atoms with Crippen LogP contribution in [0.3, 0.4) is 0 Å². The highest BCUT2D eigenvalue weighted by atomic mass is 32.2.